The van der Waals surface area contributed by atoms with Gasteiger partial charge in [-0.2, -0.15) is 0 Å². The first-order valence-corrected chi connectivity index (χ1v) is 8.35. The maximum atomic E-state index is 9.62. The third-order valence-electron chi connectivity index (χ3n) is 3.80. The Morgan fingerprint density at radius 2 is 2.14 bits per heavy atom. The minimum absolute atomic E-state index is 0.155. The Kier molecular flexibility index (Phi) is 6.06. The molecule has 1 aliphatic heterocycles. The van der Waals surface area contributed by atoms with Crippen molar-refractivity contribution in [3.05, 3.63) is 33.8 Å². The van der Waals surface area contributed by atoms with Crippen LogP contribution in [0.4, 0.5) is 0 Å². The van der Waals surface area contributed by atoms with Gasteiger partial charge in [-0.3, -0.25) is 0 Å². The maximum Gasteiger partial charge on any atom is 0.194 e. The summed E-state index contributed by atoms with van der Waals surface area (Å²) in [6.07, 6.45) is 1.49. The Labute approximate surface area is 135 Å². The van der Waals surface area contributed by atoms with Crippen LogP contribution in [0.3, 0.4) is 0 Å². The molecule has 1 aromatic rings. The summed E-state index contributed by atoms with van der Waals surface area (Å²) in [5.41, 5.74) is 2.49. The highest BCUT2D eigenvalue weighted by Gasteiger charge is 2.19. The number of aliphatic hydroxyl groups is 1. The van der Waals surface area contributed by atoms with Crippen LogP contribution in [0, 0.1) is 6.92 Å². The molecular formula is C16H24BrN3O. The van der Waals surface area contributed by atoms with Crippen LogP contribution in [-0.2, 0) is 6.54 Å². The summed E-state index contributed by atoms with van der Waals surface area (Å²) in [5, 5.41) is 13.0. The van der Waals surface area contributed by atoms with E-state index in [0.717, 1.165) is 42.9 Å². The number of nitrogens with one attached hydrogen (secondary N) is 1. The lowest BCUT2D eigenvalue weighted by molar-refractivity contribution is 0.108. The molecule has 0 bridgehead atoms. The van der Waals surface area contributed by atoms with Crippen molar-refractivity contribution in [2.24, 2.45) is 4.99 Å². The van der Waals surface area contributed by atoms with Crippen molar-refractivity contribution in [3.63, 3.8) is 0 Å². The van der Waals surface area contributed by atoms with Gasteiger partial charge in [-0.25, -0.2) is 4.99 Å². The van der Waals surface area contributed by atoms with E-state index in [-0.39, 0.29) is 6.10 Å². The second-order valence-corrected chi connectivity index (χ2v) is 6.37. The largest absolute Gasteiger partial charge is 0.393 e. The normalized spacial score (nSPS) is 17.1. The smallest absolute Gasteiger partial charge is 0.194 e. The van der Waals surface area contributed by atoms with Gasteiger partial charge in [-0.1, -0.05) is 22.0 Å². The average Bonchev–Trinajstić information content (AvgIpc) is 2.46. The van der Waals surface area contributed by atoms with E-state index in [0.29, 0.717) is 6.54 Å². The lowest BCUT2D eigenvalue weighted by Gasteiger charge is -2.32. The number of aryl methyl sites for hydroxylation is 1. The van der Waals surface area contributed by atoms with E-state index < -0.39 is 0 Å². The molecule has 1 saturated heterocycles. The van der Waals surface area contributed by atoms with E-state index in [1.165, 1.54) is 11.1 Å². The van der Waals surface area contributed by atoms with E-state index in [4.69, 9.17) is 4.99 Å². The topological polar surface area (TPSA) is 47.9 Å². The van der Waals surface area contributed by atoms with Crippen LogP contribution in [0.5, 0.6) is 0 Å². The predicted molar refractivity (Wildman–Crippen MR) is 90.5 cm³/mol. The highest BCUT2D eigenvalue weighted by atomic mass is 79.9. The van der Waals surface area contributed by atoms with Crippen molar-refractivity contribution in [2.75, 3.05) is 19.6 Å². The molecule has 0 saturated carbocycles. The SMILES string of the molecule is CCNC(=NCc1ccc(Br)cc1C)N1CCC(O)CC1. The van der Waals surface area contributed by atoms with Crippen LogP contribution in [-0.4, -0.2) is 41.7 Å². The molecule has 0 atom stereocenters. The average molecular weight is 354 g/mol. The minimum Gasteiger partial charge on any atom is -0.393 e. The van der Waals surface area contributed by atoms with Gasteiger partial charge in [0.05, 0.1) is 12.6 Å². The second-order valence-electron chi connectivity index (χ2n) is 5.46. The molecular weight excluding hydrogens is 330 g/mol. The molecule has 1 heterocycles. The number of aliphatic imine (C=N–C) groups is 1. The molecule has 2 rings (SSSR count). The molecule has 0 aromatic heterocycles. The van der Waals surface area contributed by atoms with Crippen LogP contribution in [0.2, 0.25) is 0 Å². The fourth-order valence-electron chi connectivity index (χ4n) is 2.50. The Balaban J connectivity index is 2.06. The van der Waals surface area contributed by atoms with Crippen molar-refractivity contribution in [1.82, 2.24) is 10.2 Å². The molecule has 1 fully saturated rings. The number of hydrogen-bond donors (Lipinski definition) is 2. The van der Waals surface area contributed by atoms with Gasteiger partial charge < -0.3 is 15.3 Å². The molecule has 0 amide bonds. The number of nitrogens with zero attached hydrogens (tertiary/aromatic N) is 2. The molecule has 5 heteroatoms. The van der Waals surface area contributed by atoms with Gasteiger partial charge in [-0.05, 0) is 49.9 Å². The third-order valence-corrected chi connectivity index (χ3v) is 4.30. The van der Waals surface area contributed by atoms with Crippen molar-refractivity contribution < 1.29 is 5.11 Å². The quantitative estimate of drug-likeness (QED) is 0.648. The van der Waals surface area contributed by atoms with E-state index in [1.807, 2.05) is 0 Å². The summed E-state index contributed by atoms with van der Waals surface area (Å²) in [5.74, 6) is 0.951. The van der Waals surface area contributed by atoms with Gasteiger partial charge in [0.2, 0.25) is 0 Å². The monoisotopic (exact) mass is 353 g/mol. The summed E-state index contributed by atoms with van der Waals surface area (Å²) in [6, 6.07) is 6.30. The van der Waals surface area contributed by atoms with Crippen molar-refractivity contribution in [3.8, 4) is 0 Å². The number of aliphatic hydroxyl groups excluding tert-OH is 1. The Bertz CT molecular complexity index is 496. The fourth-order valence-corrected chi connectivity index (χ4v) is 2.98. The molecule has 0 spiro atoms. The second kappa shape index (κ2) is 7.80. The zero-order valence-electron chi connectivity index (χ0n) is 12.8. The molecule has 2 N–H and O–H groups in total. The zero-order chi connectivity index (χ0) is 15.2. The first-order valence-electron chi connectivity index (χ1n) is 7.56. The number of halogens is 1. The van der Waals surface area contributed by atoms with Crippen molar-refractivity contribution in [2.45, 2.75) is 39.3 Å². The number of guanidine groups is 1. The number of benzene rings is 1. The van der Waals surface area contributed by atoms with Gasteiger partial charge in [0.25, 0.3) is 0 Å². The summed E-state index contributed by atoms with van der Waals surface area (Å²) in [6.45, 7) is 7.47. The van der Waals surface area contributed by atoms with Crippen molar-refractivity contribution >= 4 is 21.9 Å². The van der Waals surface area contributed by atoms with Crippen molar-refractivity contribution in [1.29, 1.82) is 0 Å². The van der Waals surface area contributed by atoms with E-state index in [1.54, 1.807) is 0 Å². The number of hydrogen-bond acceptors (Lipinski definition) is 2. The lowest BCUT2D eigenvalue weighted by atomic mass is 10.1. The Morgan fingerprint density at radius 1 is 1.43 bits per heavy atom. The predicted octanol–water partition coefficient (Wildman–Crippen LogP) is 2.68. The molecule has 0 unspecified atom stereocenters. The van der Waals surface area contributed by atoms with Crippen LogP contribution in [0.25, 0.3) is 0 Å². The van der Waals surface area contributed by atoms with Crippen LogP contribution in [0.15, 0.2) is 27.7 Å². The summed E-state index contributed by atoms with van der Waals surface area (Å²) in [4.78, 5) is 7.00. The molecule has 4 nitrogen and oxygen atoms in total. The van der Waals surface area contributed by atoms with Crippen LogP contribution < -0.4 is 5.32 Å². The molecule has 21 heavy (non-hydrogen) atoms. The molecule has 116 valence electrons. The number of piperidine rings is 1. The van der Waals surface area contributed by atoms with Gasteiger partial charge in [0.1, 0.15) is 0 Å². The van der Waals surface area contributed by atoms with Gasteiger partial charge in [0, 0.05) is 24.1 Å². The summed E-state index contributed by atoms with van der Waals surface area (Å²) < 4.78 is 1.10. The van der Waals surface area contributed by atoms with Crippen LogP contribution >= 0.6 is 15.9 Å². The lowest BCUT2D eigenvalue weighted by Crippen LogP contribution is -2.46. The molecule has 1 aromatic carbocycles. The molecule has 0 aliphatic carbocycles. The summed E-state index contributed by atoms with van der Waals surface area (Å²) >= 11 is 3.49. The first-order chi connectivity index (χ1) is 10.1. The number of likely N-dealkylation sites (tertiary alicyclic amines) is 1. The Morgan fingerprint density at radius 3 is 2.76 bits per heavy atom. The third kappa shape index (κ3) is 4.71. The standard InChI is InChI=1S/C16H24BrN3O/c1-3-18-16(20-8-6-15(21)7-9-20)19-11-13-4-5-14(17)10-12(13)2/h4-5,10,15,21H,3,6-9,11H2,1-2H3,(H,18,19). The maximum absolute atomic E-state index is 9.62. The van der Waals surface area contributed by atoms with Gasteiger partial charge in [0.15, 0.2) is 5.96 Å². The Hall–Kier alpha value is -1.07. The molecule has 1 aliphatic rings. The summed E-state index contributed by atoms with van der Waals surface area (Å²) in [7, 11) is 0. The minimum atomic E-state index is -0.155. The highest BCUT2D eigenvalue weighted by molar-refractivity contribution is 9.10. The first kappa shape index (κ1) is 16.3. The van der Waals surface area contributed by atoms with E-state index in [9.17, 15) is 5.11 Å². The van der Waals surface area contributed by atoms with E-state index in [2.05, 4.69) is 58.2 Å². The fraction of sp³-hybridized carbons (Fsp3) is 0.562. The van der Waals surface area contributed by atoms with Crippen LogP contribution in [0.1, 0.15) is 30.9 Å². The number of rotatable bonds is 3. The van der Waals surface area contributed by atoms with Gasteiger partial charge >= 0.3 is 0 Å². The molecule has 0 radical (unpaired) electrons. The zero-order valence-corrected chi connectivity index (χ0v) is 14.4. The van der Waals surface area contributed by atoms with Gasteiger partial charge in [-0.15, -0.1) is 0 Å². The van der Waals surface area contributed by atoms with E-state index >= 15 is 0 Å². The highest BCUT2D eigenvalue weighted by Crippen LogP contribution is 2.17.